The first-order valence-electron chi connectivity index (χ1n) is 6.91. The molecular weight excluding hydrogens is 334 g/mol. The molecule has 2 atom stereocenters. The van der Waals surface area contributed by atoms with Gasteiger partial charge in [0.05, 0.1) is 0 Å². The molecule has 1 aliphatic carbocycles. The van der Waals surface area contributed by atoms with E-state index in [9.17, 15) is 0 Å². The molecule has 2 aromatic rings. The summed E-state index contributed by atoms with van der Waals surface area (Å²) in [7, 11) is 0. The lowest BCUT2D eigenvalue weighted by molar-refractivity contribution is 0.184. The molecule has 106 valence electrons. The van der Waals surface area contributed by atoms with Gasteiger partial charge in [0.25, 0.3) is 0 Å². The molecule has 2 unspecified atom stereocenters. The molecule has 4 heteroatoms. The van der Waals surface area contributed by atoms with Crippen molar-refractivity contribution < 1.29 is 4.74 Å². The highest BCUT2D eigenvalue weighted by molar-refractivity contribution is 9.10. The van der Waals surface area contributed by atoms with Crippen LogP contribution in [-0.2, 0) is 12.8 Å². The number of benzene rings is 1. The van der Waals surface area contributed by atoms with Crippen molar-refractivity contribution in [3.63, 3.8) is 0 Å². The Morgan fingerprint density at radius 3 is 2.75 bits per heavy atom. The molecule has 0 saturated heterocycles. The van der Waals surface area contributed by atoms with Crippen molar-refractivity contribution >= 4 is 27.3 Å². The van der Waals surface area contributed by atoms with Gasteiger partial charge in [0.15, 0.2) is 0 Å². The summed E-state index contributed by atoms with van der Waals surface area (Å²) in [5.41, 5.74) is 9.00. The molecule has 0 fully saturated rings. The summed E-state index contributed by atoms with van der Waals surface area (Å²) in [5.74, 6) is 0.928. The standard InChI is InChI=1S/C16H18BrNOS/c1-10(18)16(15-8-13(17)9-20-15)19-14-6-5-11-3-2-4-12(11)7-14/h5-10,16H,2-4,18H2,1H3. The molecule has 2 N–H and O–H groups in total. The van der Waals surface area contributed by atoms with E-state index in [4.69, 9.17) is 10.5 Å². The van der Waals surface area contributed by atoms with Crippen LogP contribution in [0.15, 0.2) is 34.1 Å². The van der Waals surface area contributed by atoms with Gasteiger partial charge in [-0.1, -0.05) is 6.07 Å². The fourth-order valence-electron chi connectivity index (χ4n) is 2.67. The molecule has 0 amide bonds. The Morgan fingerprint density at radius 2 is 2.05 bits per heavy atom. The number of aryl methyl sites for hydroxylation is 2. The minimum atomic E-state index is -0.0919. The van der Waals surface area contributed by atoms with Gasteiger partial charge in [-0.25, -0.2) is 0 Å². The maximum absolute atomic E-state index is 6.17. The highest BCUT2D eigenvalue weighted by Crippen LogP contribution is 2.33. The van der Waals surface area contributed by atoms with E-state index in [1.165, 1.54) is 30.4 Å². The molecule has 1 heterocycles. The van der Waals surface area contributed by atoms with E-state index in [0.717, 1.165) is 15.1 Å². The minimum Gasteiger partial charge on any atom is -0.483 e. The van der Waals surface area contributed by atoms with E-state index < -0.39 is 0 Å². The molecule has 20 heavy (non-hydrogen) atoms. The Kier molecular flexibility index (Phi) is 4.15. The van der Waals surface area contributed by atoms with E-state index in [1.54, 1.807) is 11.3 Å². The zero-order chi connectivity index (χ0) is 14.1. The lowest BCUT2D eigenvalue weighted by Crippen LogP contribution is -2.28. The Bertz CT molecular complexity index is 608. The summed E-state index contributed by atoms with van der Waals surface area (Å²) in [6.07, 6.45) is 3.53. The van der Waals surface area contributed by atoms with Gasteiger partial charge in [-0.3, -0.25) is 0 Å². The van der Waals surface area contributed by atoms with Crippen molar-refractivity contribution in [3.05, 3.63) is 50.1 Å². The summed E-state index contributed by atoms with van der Waals surface area (Å²) in [4.78, 5) is 1.16. The monoisotopic (exact) mass is 351 g/mol. The van der Waals surface area contributed by atoms with Gasteiger partial charge in [-0.2, -0.15) is 0 Å². The van der Waals surface area contributed by atoms with Gasteiger partial charge >= 0.3 is 0 Å². The topological polar surface area (TPSA) is 35.2 Å². The molecule has 1 aliphatic rings. The SMILES string of the molecule is CC(N)C(Oc1ccc2c(c1)CCC2)c1cc(Br)cs1. The van der Waals surface area contributed by atoms with Crippen molar-refractivity contribution in [1.82, 2.24) is 0 Å². The number of fused-ring (bicyclic) bond motifs is 1. The van der Waals surface area contributed by atoms with Crippen LogP contribution in [-0.4, -0.2) is 6.04 Å². The van der Waals surface area contributed by atoms with Crippen LogP contribution in [0.1, 0.15) is 35.5 Å². The van der Waals surface area contributed by atoms with E-state index in [1.807, 2.05) is 6.92 Å². The molecular formula is C16H18BrNOS. The molecule has 2 nitrogen and oxygen atoms in total. The van der Waals surface area contributed by atoms with Crippen LogP contribution in [0.3, 0.4) is 0 Å². The third-order valence-electron chi connectivity index (χ3n) is 3.68. The summed E-state index contributed by atoms with van der Waals surface area (Å²) >= 11 is 5.17. The summed E-state index contributed by atoms with van der Waals surface area (Å²) in [6, 6.07) is 8.49. The second-order valence-electron chi connectivity index (χ2n) is 5.35. The third-order valence-corrected chi connectivity index (χ3v) is 5.43. The lowest BCUT2D eigenvalue weighted by atomic mass is 10.1. The normalized spacial score (nSPS) is 16.8. The summed E-state index contributed by atoms with van der Waals surface area (Å²) in [5, 5.41) is 2.07. The Balaban J connectivity index is 1.83. The smallest absolute Gasteiger partial charge is 0.148 e. The third kappa shape index (κ3) is 2.92. The van der Waals surface area contributed by atoms with Crippen molar-refractivity contribution in [1.29, 1.82) is 0 Å². The van der Waals surface area contributed by atoms with Gasteiger partial charge in [-0.05, 0) is 71.4 Å². The molecule has 0 spiro atoms. The van der Waals surface area contributed by atoms with Gasteiger partial charge in [0.2, 0.25) is 0 Å². The average Bonchev–Trinajstić information content (AvgIpc) is 3.03. The number of ether oxygens (including phenoxy) is 1. The maximum Gasteiger partial charge on any atom is 0.148 e. The van der Waals surface area contributed by atoms with Gasteiger partial charge < -0.3 is 10.5 Å². The average molecular weight is 352 g/mol. The minimum absolute atomic E-state index is 0.0474. The van der Waals surface area contributed by atoms with Crippen LogP contribution in [0.2, 0.25) is 0 Å². The van der Waals surface area contributed by atoms with E-state index in [0.29, 0.717) is 0 Å². The van der Waals surface area contributed by atoms with Crippen molar-refractivity contribution in [2.75, 3.05) is 0 Å². The predicted octanol–water partition coefficient (Wildman–Crippen LogP) is 4.47. The van der Waals surface area contributed by atoms with E-state index >= 15 is 0 Å². The molecule has 0 saturated carbocycles. The molecule has 0 aliphatic heterocycles. The molecule has 0 bridgehead atoms. The van der Waals surface area contributed by atoms with E-state index in [2.05, 4.69) is 45.6 Å². The fraction of sp³-hybridized carbons (Fsp3) is 0.375. The highest BCUT2D eigenvalue weighted by atomic mass is 79.9. The van der Waals surface area contributed by atoms with E-state index in [-0.39, 0.29) is 12.1 Å². The zero-order valence-electron chi connectivity index (χ0n) is 11.4. The van der Waals surface area contributed by atoms with Gasteiger partial charge in [-0.15, -0.1) is 11.3 Å². The van der Waals surface area contributed by atoms with Gasteiger partial charge in [0.1, 0.15) is 11.9 Å². The quantitative estimate of drug-likeness (QED) is 0.881. The first-order chi connectivity index (χ1) is 9.63. The van der Waals surface area contributed by atoms with Crippen LogP contribution in [0.4, 0.5) is 0 Å². The van der Waals surface area contributed by atoms with Crippen LogP contribution in [0.5, 0.6) is 5.75 Å². The zero-order valence-corrected chi connectivity index (χ0v) is 13.8. The number of halogens is 1. The summed E-state index contributed by atoms with van der Waals surface area (Å²) in [6.45, 7) is 1.99. The molecule has 3 rings (SSSR count). The second-order valence-corrected chi connectivity index (χ2v) is 7.21. The second kappa shape index (κ2) is 5.88. The highest BCUT2D eigenvalue weighted by Gasteiger charge is 2.21. The van der Waals surface area contributed by atoms with Crippen molar-refractivity contribution in [2.24, 2.45) is 5.73 Å². The largest absolute Gasteiger partial charge is 0.483 e. The first-order valence-corrected chi connectivity index (χ1v) is 8.59. The Hall–Kier alpha value is -0.840. The number of rotatable bonds is 4. The molecule has 1 aromatic carbocycles. The van der Waals surface area contributed by atoms with Crippen LogP contribution >= 0.6 is 27.3 Å². The van der Waals surface area contributed by atoms with Crippen molar-refractivity contribution in [2.45, 2.75) is 38.3 Å². The first kappa shape index (κ1) is 14.1. The predicted molar refractivity (Wildman–Crippen MR) is 87.5 cm³/mol. The Labute approximate surface area is 132 Å². The van der Waals surface area contributed by atoms with Crippen LogP contribution in [0.25, 0.3) is 0 Å². The number of nitrogens with two attached hydrogens (primary N) is 1. The van der Waals surface area contributed by atoms with Crippen LogP contribution in [0, 0.1) is 0 Å². The van der Waals surface area contributed by atoms with Gasteiger partial charge in [0, 0.05) is 20.8 Å². The maximum atomic E-state index is 6.17. The number of thiophene rings is 1. The number of hydrogen-bond donors (Lipinski definition) is 1. The van der Waals surface area contributed by atoms with Crippen LogP contribution < -0.4 is 10.5 Å². The Morgan fingerprint density at radius 1 is 1.25 bits per heavy atom. The fourth-order valence-corrected chi connectivity index (χ4v) is 4.26. The summed E-state index contributed by atoms with van der Waals surface area (Å²) < 4.78 is 7.25. The lowest BCUT2D eigenvalue weighted by Gasteiger charge is -2.22. The molecule has 0 radical (unpaired) electrons. The van der Waals surface area contributed by atoms with Crippen molar-refractivity contribution in [3.8, 4) is 5.75 Å². The number of hydrogen-bond acceptors (Lipinski definition) is 3. The molecule has 1 aromatic heterocycles.